The Hall–Kier alpha value is -2.23. The summed E-state index contributed by atoms with van der Waals surface area (Å²) >= 11 is 0. The van der Waals surface area contributed by atoms with Crippen LogP contribution in [0.1, 0.15) is 18.9 Å². The number of aryl methyl sites for hydroxylation is 1. The first-order valence-corrected chi connectivity index (χ1v) is 7.13. The van der Waals surface area contributed by atoms with Gasteiger partial charge < -0.3 is 15.4 Å². The molecule has 1 amide bonds. The SMILES string of the molecule is C=CCN(CC=C)C(=O)CCc1ccc(OCC)c(N)c1. The minimum Gasteiger partial charge on any atom is -0.492 e. The highest BCUT2D eigenvalue weighted by Crippen LogP contribution is 2.23. The van der Waals surface area contributed by atoms with E-state index < -0.39 is 0 Å². The molecule has 1 rings (SSSR count). The van der Waals surface area contributed by atoms with Gasteiger partial charge in [-0.1, -0.05) is 18.2 Å². The fourth-order valence-electron chi connectivity index (χ4n) is 2.04. The number of anilines is 1. The molecule has 0 bridgehead atoms. The minimum absolute atomic E-state index is 0.0854. The molecule has 0 saturated heterocycles. The number of nitrogen functional groups attached to an aromatic ring is 1. The first-order valence-electron chi connectivity index (χ1n) is 7.13. The van der Waals surface area contributed by atoms with E-state index in [0.717, 1.165) is 5.56 Å². The lowest BCUT2D eigenvalue weighted by molar-refractivity contribution is -0.130. The summed E-state index contributed by atoms with van der Waals surface area (Å²) in [5.74, 6) is 0.773. The van der Waals surface area contributed by atoms with Gasteiger partial charge in [-0.3, -0.25) is 4.79 Å². The van der Waals surface area contributed by atoms with Gasteiger partial charge in [-0.25, -0.2) is 0 Å². The molecule has 1 aromatic carbocycles. The summed E-state index contributed by atoms with van der Waals surface area (Å²) in [5.41, 5.74) is 7.56. The Labute approximate surface area is 126 Å². The van der Waals surface area contributed by atoms with Gasteiger partial charge in [0.2, 0.25) is 5.91 Å². The Balaban J connectivity index is 2.61. The van der Waals surface area contributed by atoms with Crippen LogP contribution in [0.3, 0.4) is 0 Å². The molecule has 0 heterocycles. The van der Waals surface area contributed by atoms with E-state index in [4.69, 9.17) is 10.5 Å². The number of carbonyl (C=O) groups excluding carboxylic acids is 1. The molecule has 0 aromatic heterocycles. The van der Waals surface area contributed by atoms with Crippen molar-refractivity contribution in [2.45, 2.75) is 19.8 Å². The Morgan fingerprint density at radius 2 is 2.00 bits per heavy atom. The Kier molecular flexibility index (Phi) is 7.09. The molecule has 0 unspecified atom stereocenters. The molecule has 21 heavy (non-hydrogen) atoms. The van der Waals surface area contributed by atoms with Crippen LogP contribution in [0.5, 0.6) is 5.75 Å². The van der Waals surface area contributed by atoms with E-state index in [-0.39, 0.29) is 5.91 Å². The molecule has 0 aliphatic heterocycles. The van der Waals surface area contributed by atoms with Gasteiger partial charge in [0.25, 0.3) is 0 Å². The molecule has 0 radical (unpaired) electrons. The van der Waals surface area contributed by atoms with E-state index in [1.165, 1.54) is 0 Å². The number of ether oxygens (including phenoxy) is 1. The monoisotopic (exact) mass is 288 g/mol. The molecule has 4 heteroatoms. The van der Waals surface area contributed by atoms with Crippen LogP contribution >= 0.6 is 0 Å². The molecule has 0 spiro atoms. The number of hydrogen-bond donors (Lipinski definition) is 1. The van der Waals surface area contributed by atoms with Crippen molar-refractivity contribution in [3.8, 4) is 5.75 Å². The molecule has 0 atom stereocenters. The molecular formula is C17H24N2O2. The van der Waals surface area contributed by atoms with Crippen molar-refractivity contribution in [2.24, 2.45) is 0 Å². The summed E-state index contributed by atoms with van der Waals surface area (Å²) in [5, 5.41) is 0. The molecule has 0 aliphatic rings. The molecule has 0 saturated carbocycles. The van der Waals surface area contributed by atoms with Gasteiger partial charge in [-0.05, 0) is 31.0 Å². The number of carbonyl (C=O) groups is 1. The first kappa shape index (κ1) is 16.8. The Bertz CT molecular complexity index is 488. The third-order valence-electron chi connectivity index (χ3n) is 3.05. The molecule has 114 valence electrons. The molecule has 1 aromatic rings. The molecular weight excluding hydrogens is 264 g/mol. The van der Waals surface area contributed by atoms with Gasteiger partial charge in [-0.2, -0.15) is 0 Å². The minimum atomic E-state index is 0.0854. The Morgan fingerprint density at radius 1 is 1.33 bits per heavy atom. The van der Waals surface area contributed by atoms with Crippen LogP contribution in [0.4, 0.5) is 5.69 Å². The number of nitrogens with zero attached hydrogens (tertiary/aromatic N) is 1. The normalized spacial score (nSPS) is 9.95. The van der Waals surface area contributed by atoms with Crippen molar-refractivity contribution in [2.75, 3.05) is 25.4 Å². The standard InChI is InChI=1S/C17H24N2O2/c1-4-11-19(12-5-2)17(20)10-8-14-7-9-16(21-6-3)15(18)13-14/h4-5,7,9,13H,1-2,6,8,10-12,18H2,3H3. The van der Waals surface area contributed by atoms with Crippen molar-refractivity contribution in [3.63, 3.8) is 0 Å². The summed E-state index contributed by atoms with van der Waals surface area (Å²) < 4.78 is 5.40. The fourth-order valence-corrected chi connectivity index (χ4v) is 2.04. The lowest BCUT2D eigenvalue weighted by Gasteiger charge is -2.19. The van der Waals surface area contributed by atoms with Crippen LogP contribution < -0.4 is 10.5 Å². The van der Waals surface area contributed by atoms with Crippen LogP contribution in [0.25, 0.3) is 0 Å². The maximum absolute atomic E-state index is 12.1. The van der Waals surface area contributed by atoms with E-state index >= 15 is 0 Å². The number of rotatable bonds is 9. The predicted molar refractivity (Wildman–Crippen MR) is 87.3 cm³/mol. The van der Waals surface area contributed by atoms with E-state index in [1.54, 1.807) is 17.1 Å². The lowest BCUT2D eigenvalue weighted by Crippen LogP contribution is -2.31. The quantitative estimate of drug-likeness (QED) is 0.561. The Morgan fingerprint density at radius 3 is 2.52 bits per heavy atom. The van der Waals surface area contributed by atoms with Crippen LogP contribution in [-0.2, 0) is 11.2 Å². The van der Waals surface area contributed by atoms with Gasteiger partial charge in [0, 0.05) is 19.5 Å². The number of benzene rings is 1. The third-order valence-corrected chi connectivity index (χ3v) is 3.05. The third kappa shape index (κ3) is 5.34. The first-order chi connectivity index (χ1) is 10.1. The number of amides is 1. The number of nitrogens with two attached hydrogens (primary N) is 1. The second-order valence-electron chi connectivity index (χ2n) is 4.68. The van der Waals surface area contributed by atoms with E-state index in [2.05, 4.69) is 13.2 Å². The maximum atomic E-state index is 12.1. The smallest absolute Gasteiger partial charge is 0.223 e. The van der Waals surface area contributed by atoms with Crippen molar-refractivity contribution >= 4 is 11.6 Å². The van der Waals surface area contributed by atoms with Gasteiger partial charge in [-0.15, -0.1) is 13.2 Å². The topological polar surface area (TPSA) is 55.6 Å². The second-order valence-corrected chi connectivity index (χ2v) is 4.68. The summed E-state index contributed by atoms with van der Waals surface area (Å²) in [4.78, 5) is 13.8. The van der Waals surface area contributed by atoms with E-state index in [1.807, 2.05) is 25.1 Å². The van der Waals surface area contributed by atoms with Crippen molar-refractivity contribution in [1.82, 2.24) is 4.90 Å². The summed E-state index contributed by atoms with van der Waals surface area (Å²) in [6.07, 6.45) is 4.53. The summed E-state index contributed by atoms with van der Waals surface area (Å²) in [6, 6.07) is 5.66. The largest absolute Gasteiger partial charge is 0.492 e. The molecule has 4 nitrogen and oxygen atoms in total. The zero-order chi connectivity index (χ0) is 15.7. The van der Waals surface area contributed by atoms with Crippen molar-refractivity contribution in [1.29, 1.82) is 0 Å². The average molecular weight is 288 g/mol. The number of hydrogen-bond acceptors (Lipinski definition) is 3. The fraction of sp³-hybridized carbons (Fsp3) is 0.353. The lowest BCUT2D eigenvalue weighted by atomic mass is 10.1. The van der Waals surface area contributed by atoms with Crippen LogP contribution in [0, 0.1) is 0 Å². The van der Waals surface area contributed by atoms with Crippen molar-refractivity contribution < 1.29 is 9.53 Å². The van der Waals surface area contributed by atoms with Gasteiger partial charge in [0.1, 0.15) is 5.75 Å². The van der Waals surface area contributed by atoms with Gasteiger partial charge >= 0.3 is 0 Å². The highest BCUT2D eigenvalue weighted by atomic mass is 16.5. The zero-order valence-corrected chi connectivity index (χ0v) is 12.7. The average Bonchev–Trinajstić information content (AvgIpc) is 2.47. The second kappa shape index (κ2) is 8.84. The highest BCUT2D eigenvalue weighted by Gasteiger charge is 2.11. The van der Waals surface area contributed by atoms with Gasteiger partial charge in [0.05, 0.1) is 12.3 Å². The van der Waals surface area contributed by atoms with Crippen LogP contribution in [0.15, 0.2) is 43.5 Å². The highest BCUT2D eigenvalue weighted by molar-refractivity contribution is 5.76. The van der Waals surface area contributed by atoms with E-state index in [9.17, 15) is 4.79 Å². The summed E-state index contributed by atoms with van der Waals surface area (Å²) in [7, 11) is 0. The molecule has 0 aliphatic carbocycles. The van der Waals surface area contributed by atoms with E-state index in [0.29, 0.717) is 44.0 Å². The predicted octanol–water partition coefficient (Wildman–Crippen LogP) is 2.80. The maximum Gasteiger partial charge on any atom is 0.223 e. The summed E-state index contributed by atoms with van der Waals surface area (Å²) in [6.45, 7) is 10.9. The molecule has 2 N–H and O–H groups in total. The molecule has 0 fully saturated rings. The van der Waals surface area contributed by atoms with Crippen LogP contribution in [-0.4, -0.2) is 30.5 Å². The zero-order valence-electron chi connectivity index (χ0n) is 12.7. The van der Waals surface area contributed by atoms with Crippen molar-refractivity contribution in [3.05, 3.63) is 49.1 Å². The van der Waals surface area contributed by atoms with Gasteiger partial charge in [0.15, 0.2) is 0 Å². The van der Waals surface area contributed by atoms with Crippen LogP contribution in [0.2, 0.25) is 0 Å².